The van der Waals surface area contributed by atoms with Crippen LogP contribution in [0.25, 0.3) is 0 Å². The number of carbonyl (C=O) groups is 1. The number of aryl methyl sites for hydroxylation is 1. The Morgan fingerprint density at radius 3 is 2.95 bits per heavy atom. The van der Waals surface area contributed by atoms with Gasteiger partial charge in [0.1, 0.15) is 6.07 Å². The van der Waals surface area contributed by atoms with Crippen molar-refractivity contribution in [2.24, 2.45) is 0 Å². The monoisotopic (exact) mass is 348 g/mol. The number of amides is 1. The highest BCUT2D eigenvalue weighted by Crippen LogP contribution is 2.21. The van der Waals surface area contributed by atoms with Gasteiger partial charge < -0.3 is 5.32 Å². The Hall–Kier alpha value is -1.64. The first-order chi connectivity index (χ1) is 9.69. The molecule has 0 saturated heterocycles. The van der Waals surface area contributed by atoms with Gasteiger partial charge in [-0.15, -0.1) is 11.3 Å². The van der Waals surface area contributed by atoms with E-state index in [1.165, 1.54) is 4.88 Å². The highest BCUT2D eigenvalue weighted by Gasteiger charge is 2.07. The van der Waals surface area contributed by atoms with Gasteiger partial charge >= 0.3 is 0 Å². The Morgan fingerprint density at radius 1 is 1.40 bits per heavy atom. The molecular weight excluding hydrogens is 336 g/mol. The summed E-state index contributed by atoms with van der Waals surface area (Å²) in [6.45, 7) is 0. The predicted octanol–water partition coefficient (Wildman–Crippen LogP) is 4.34. The molecule has 0 radical (unpaired) electrons. The molecule has 0 unspecified atom stereocenters. The number of carbonyl (C=O) groups excluding carboxylic acids is 1. The summed E-state index contributed by atoms with van der Waals surface area (Å²) in [4.78, 5) is 13.2. The topological polar surface area (TPSA) is 52.9 Å². The van der Waals surface area contributed by atoms with Crippen LogP contribution in [0.3, 0.4) is 0 Å². The zero-order valence-electron chi connectivity index (χ0n) is 10.7. The number of hydrogen-bond acceptors (Lipinski definition) is 3. The number of thiophene rings is 1. The third kappa shape index (κ3) is 4.19. The number of nitrogens with zero attached hydrogens (tertiary/aromatic N) is 1. The minimum absolute atomic E-state index is 0.0591. The lowest BCUT2D eigenvalue weighted by molar-refractivity contribution is -0.116. The fourth-order valence-corrected chi connectivity index (χ4v) is 2.92. The summed E-state index contributed by atoms with van der Waals surface area (Å²) in [6.07, 6.45) is 2.17. The lowest BCUT2D eigenvalue weighted by Gasteiger charge is -2.07. The van der Waals surface area contributed by atoms with E-state index >= 15 is 0 Å². The van der Waals surface area contributed by atoms with Crippen molar-refractivity contribution >= 4 is 38.9 Å². The van der Waals surface area contributed by atoms with E-state index in [0.717, 1.165) is 17.3 Å². The second kappa shape index (κ2) is 7.22. The minimum atomic E-state index is -0.0591. The first-order valence-electron chi connectivity index (χ1n) is 6.21. The van der Waals surface area contributed by atoms with Gasteiger partial charge in [0, 0.05) is 15.8 Å². The highest BCUT2D eigenvalue weighted by molar-refractivity contribution is 9.10. The number of nitrogens with one attached hydrogen (secondary N) is 1. The van der Waals surface area contributed by atoms with E-state index in [0.29, 0.717) is 17.7 Å². The van der Waals surface area contributed by atoms with Crippen molar-refractivity contribution < 1.29 is 4.79 Å². The smallest absolute Gasteiger partial charge is 0.224 e. The van der Waals surface area contributed by atoms with Gasteiger partial charge in [-0.3, -0.25) is 4.79 Å². The molecule has 0 aliphatic heterocycles. The second-order valence-electron chi connectivity index (χ2n) is 4.28. The Bertz CT molecular complexity index is 632. The normalized spacial score (nSPS) is 10.0. The molecule has 0 bridgehead atoms. The molecule has 0 aliphatic carbocycles. The van der Waals surface area contributed by atoms with Gasteiger partial charge in [0.15, 0.2) is 0 Å². The molecule has 1 aromatic carbocycles. The molecule has 1 amide bonds. The van der Waals surface area contributed by atoms with Crippen LogP contribution in [0, 0.1) is 11.3 Å². The average molecular weight is 349 g/mol. The molecule has 0 saturated carbocycles. The van der Waals surface area contributed by atoms with E-state index in [2.05, 4.69) is 33.4 Å². The van der Waals surface area contributed by atoms with Crippen LogP contribution in [-0.2, 0) is 11.2 Å². The fraction of sp³-hybridized carbons (Fsp3) is 0.200. The van der Waals surface area contributed by atoms with Gasteiger partial charge in [-0.25, -0.2) is 0 Å². The fourth-order valence-electron chi connectivity index (χ4n) is 1.81. The first-order valence-corrected chi connectivity index (χ1v) is 7.88. The lowest BCUT2D eigenvalue weighted by Crippen LogP contribution is -2.12. The van der Waals surface area contributed by atoms with Crippen LogP contribution in [-0.4, -0.2) is 5.91 Å². The summed E-state index contributed by atoms with van der Waals surface area (Å²) in [5.41, 5.74) is 1.03. The zero-order valence-corrected chi connectivity index (χ0v) is 13.1. The van der Waals surface area contributed by atoms with Gasteiger partial charge in [-0.05, 0) is 42.5 Å². The molecule has 3 nitrogen and oxygen atoms in total. The van der Waals surface area contributed by atoms with Gasteiger partial charge in [-0.2, -0.15) is 5.26 Å². The van der Waals surface area contributed by atoms with Crippen molar-refractivity contribution in [1.29, 1.82) is 5.26 Å². The summed E-state index contributed by atoms with van der Waals surface area (Å²) in [7, 11) is 0. The number of rotatable bonds is 5. The van der Waals surface area contributed by atoms with E-state index in [-0.39, 0.29) is 5.91 Å². The Labute approximate surface area is 130 Å². The molecule has 1 heterocycles. The van der Waals surface area contributed by atoms with E-state index in [9.17, 15) is 4.79 Å². The van der Waals surface area contributed by atoms with Gasteiger partial charge in [0.05, 0.1) is 11.3 Å². The Morgan fingerprint density at radius 2 is 2.25 bits per heavy atom. The summed E-state index contributed by atoms with van der Waals surface area (Å²) >= 11 is 5.04. The van der Waals surface area contributed by atoms with Crippen LogP contribution in [0.2, 0.25) is 0 Å². The molecule has 5 heteroatoms. The van der Waals surface area contributed by atoms with Gasteiger partial charge in [-0.1, -0.05) is 22.0 Å². The number of hydrogen-bond donors (Lipinski definition) is 1. The maximum Gasteiger partial charge on any atom is 0.224 e. The summed E-state index contributed by atoms with van der Waals surface area (Å²) in [5, 5.41) is 13.8. The maximum atomic E-state index is 11.9. The zero-order chi connectivity index (χ0) is 14.4. The standard InChI is InChI=1S/C15H13BrN2OS/c16-12-7-6-11(10-17)14(9-12)18-15(19)5-1-3-13-4-2-8-20-13/h2,4,6-9H,1,3,5H2,(H,18,19). The molecule has 0 aliphatic rings. The number of anilines is 1. The Kier molecular flexibility index (Phi) is 5.33. The van der Waals surface area contributed by atoms with Crippen molar-refractivity contribution in [3.63, 3.8) is 0 Å². The SMILES string of the molecule is N#Cc1ccc(Br)cc1NC(=O)CCCc1cccs1. The van der Waals surface area contributed by atoms with Crippen LogP contribution in [0.4, 0.5) is 5.69 Å². The quantitative estimate of drug-likeness (QED) is 0.873. The third-order valence-electron chi connectivity index (χ3n) is 2.78. The summed E-state index contributed by atoms with van der Waals surface area (Å²) in [6, 6.07) is 11.4. The van der Waals surface area contributed by atoms with Crippen molar-refractivity contribution in [2.75, 3.05) is 5.32 Å². The molecule has 0 fully saturated rings. The van der Waals surface area contributed by atoms with Crippen molar-refractivity contribution in [3.05, 3.63) is 50.6 Å². The molecule has 2 rings (SSSR count). The van der Waals surface area contributed by atoms with Crippen LogP contribution in [0.5, 0.6) is 0 Å². The molecule has 1 N–H and O–H groups in total. The van der Waals surface area contributed by atoms with Crippen LogP contribution < -0.4 is 5.32 Å². The minimum Gasteiger partial charge on any atom is -0.325 e. The maximum absolute atomic E-state index is 11.9. The molecule has 102 valence electrons. The Balaban J connectivity index is 1.88. The molecular formula is C15H13BrN2OS. The average Bonchev–Trinajstić information content (AvgIpc) is 2.92. The predicted molar refractivity (Wildman–Crippen MR) is 84.7 cm³/mol. The van der Waals surface area contributed by atoms with E-state index in [1.807, 2.05) is 11.4 Å². The van der Waals surface area contributed by atoms with Crippen molar-refractivity contribution in [2.45, 2.75) is 19.3 Å². The van der Waals surface area contributed by atoms with E-state index in [4.69, 9.17) is 5.26 Å². The summed E-state index contributed by atoms with van der Waals surface area (Å²) < 4.78 is 0.838. The largest absolute Gasteiger partial charge is 0.325 e. The van der Waals surface area contributed by atoms with Crippen LogP contribution in [0.15, 0.2) is 40.2 Å². The third-order valence-corrected chi connectivity index (χ3v) is 4.21. The summed E-state index contributed by atoms with van der Waals surface area (Å²) in [5.74, 6) is -0.0591. The number of nitriles is 1. The van der Waals surface area contributed by atoms with E-state index < -0.39 is 0 Å². The van der Waals surface area contributed by atoms with Crippen molar-refractivity contribution in [1.82, 2.24) is 0 Å². The molecule has 20 heavy (non-hydrogen) atoms. The molecule has 0 spiro atoms. The van der Waals surface area contributed by atoms with Crippen LogP contribution in [0.1, 0.15) is 23.3 Å². The van der Waals surface area contributed by atoms with Crippen molar-refractivity contribution in [3.8, 4) is 6.07 Å². The highest BCUT2D eigenvalue weighted by atomic mass is 79.9. The van der Waals surface area contributed by atoms with Gasteiger partial charge in [0.2, 0.25) is 5.91 Å². The molecule has 0 atom stereocenters. The van der Waals surface area contributed by atoms with Crippen LogP contribution >= 0.6 is 27.3 Å². The van der Waals surface area contributed by atoms with E-state index in [1.54, 1.807) is 29.5 Å². The second-order valence-corrected chi connectivity index (χ2v) is 6.23. The molecule has 1 aromatic heterocycles. The first kappa shape index (κ1) is 14.8. The number of benzene rings is 1. The van der Waals surface area contributed by atoms with Gasteiger partial charge in [0.25, 0.3) is 0 Å². The number of halogens is 1. The molecule has 2 aromatic rings. The lowest BCUT2D eigenvalue weighted by atomic mass is 10.1.